The molecule has 0 saturated carbocycles. The first-order valence-electron chi connectivity index (χ1n) is 7.02. The van der Waals surface area contributed by atoms with Crippen LogP contribution in [0.4, 0.5) is 0 Å². The maximum absolute atomic E-state index is 12.4. The molecule has 1 aromatic carbocycles. The molecule has 1 atom stereocenters. The highest BCUT2D eigenvalue weighted by molar-refractivity contribution is 5.93. The summed E-state index contributed by atoms with van der Waals surface area (Å²) in [6.45, 7) is 8.24. The Kier molecular flexibility index (Phi) is 5.31. The summed E-state index contributed by atoms with van der Waals surface area (Å²) < 4.78 is 0.139. The predicted molar refractivity (Wildman–Crippen MR) is 80.5 cm³/mol. The zero-order valence-corrected chi connectivity index (χ0v) is 13.4. The lowest BCUT2D eigenvalue weighted by Crippen LogP contribution is -2.43. The van der Waals surface area contributed by atoms with Crippen molar-refractivity contribution < 1.29 is 14.8 Å². The van der Waals surface area contributed by atoms with E-state index in [1.54, 1.807) is 0 Å². The van der Waals surface area contributed by atoms with Crippen LogP contribution in [0.15, 0.2) is 17.2 Å². The van der Waals surface area contributed by atoms with Crippen molar-refractivity contribution >= 4 is 5.90 Å². The summed E-state index contributed by atoms with van der Waals surface area (Å²) in [5.74, 6) is -0.215. The van der Waals surface area contributed by atoms with Gasteiger partial charge in [0, 0.05) is 0 Å². The van der Waals surface area contributed by atoms with Gasteiger partial charge >= 0.3 is 0 Å². The smallest absolute Gasteiger partial charge is 0.129 e. The first-order valence-corrected chi connectivity index (χ1v) is 7.02. The van der Waals surface area contributed by atoms with Crippen molar-refractivity contribution in [3.8, 4) is 0 Å². The van der Waals surface area contributed by atoms with Gasteiger partial charge in [0.25, 0.3) is 0 Å². The van der Waals surface area contributed by atoms with Gasteiger partial charge in [-0.15, -0.1) is 0 Å². The number of hydrogen-bond donors (Lipinski definition) is 1. The monoisotopic (exact) mass is 278 g/mol. The minimum atomic E-state index is -0.443. The number of quaternary nitrogens is 1. The van der Waals surface area contributed by atoms with E-state index in [-0.39, 0.29) is 10.5 Å². The van der Waals surface area contributed by atoms with E-state index in [1.807, 2.05) is 53.9 Å². The van der Waals surface area contributed by atoms with Gasteiger partial charge in [0.15, 0.2) is 0 Å². The van der Waals surface area contributed by atoms with Crippen LogP contribution in [-0.4, -0.2) is 42.3 Å². The summed E-state index contributed by atoms with van der Waals surface area (Å²) in [7, 11) is 3.66. The summed E-state index contributed by atoms with van der Waals surface area (Å²) in [6.07, 6.45) is 0.218. The first-order chi connectivity index (χ1) is 9.16. The Morgan fingerprint density at radius 1 is 1.25 bits per heavy atom. The molecule has 1 N–H and O–H groups in total. The van der Waals surface area contributed by atoms with E-state index in [2.05, 4.69) is 5.10 Å². The Balaban J connectivity index is 3.11. The normalized spacial score (nSPS) is 14.4. The largest absolute Gasteiger partial charge is 0.855 e. The van der Waals surface area contributed by atoms with Crippen LogP contribution in [0.3, 0.4) is 0 Å². The van der Waals surface area contributed by atoms with Gasteiger partial charge in [-0.1, -0.05) is 29.7 Å². The fourth-order valence-electron chi connectivity index (χ4n) is 2.50. The van der Waals surface area contributed by atoms with Crippen LogP contribution >= 0.6 is 0 Å². The maximum atomic E-state index is 12.4. The molecule has 1 aromatic rings. The lowest BCUT2D eigenvalue weighted by Gasteiger charge is -2.28. The van der Waals surface area contributed by atoms with E-state index in [1.165, 1.54) is 0 Å². The van der Waals surface area contributed by atoms with Crippen molar-refractivity contribution in [3.05, 3.63) is 34.4 Å². The van der Waals surface area contributed by atoms with Gasteiger partial charge in [-0.2, -0.15) is 0 Å². The number of rotatable bonds is 5. The minimum absolute atomic E-state index is 0.139. The molecule has 0 aliphatic carbocycles. The number of aliphatic hydroxyl groups is 1. The molecular weight excluding hydrogens is 252 g/mol. The lowest BCUT2D eigenvalue weighted by atomic mass is 10.00. The van der Waals surface area contributed by atoms with Crippen molar-refractivity contribution in [3.63, 3.8) is 0 Å². The van der Waals surface area contributed by atoms with Crippen LogP contribution in [0.5, 0.6) is 0 Å². The second-order valence-corrected chi connectivity index (χ2v) is 6.04. The van der Waals surface area contributed by atoms with Gasteiger partial charge in [0.1, 0.15) is 12.6 Å². The van der Waals surface area contributed by atoms with E-state index < -0.39 is 6.10 Å². The molecule has 0 spiro atoms. The van der Waals surface area contributed by atoms with Crippen molar-refractivity contribution in [2.75, 3.05) is 20.6 Å². The highest BCUT2D eigenvalue weighted by Crippen LogP contribution is 2.17. The quantitative estimate of drug-likeness (QED) is 0.384. The molecule has 4 heteroatoms. The predicted octanol–water partition coefficient (Wildman–Crippen LogP) is 1.48. The second kappa shape index (κ2) is 6.37. The molecule has 0 amide bonds. The highest BCUT2D eigenvalue weighted by Gasteiger charge is 2.19. The molecule has 4 nitrogen and oxygen atoms in total. The molecular formula is C16H26N2O2. The van der Waals surface area contributed by atoms with Crippen LogP contribution in [-0.2, 0) is 0 Å². The number of likely N-dealkylation sites (N-methyl/N-ethyl adjacent to an activating group) is 1. The SMILES string of the molecule is CCC(O)C[N+](C)(C)/N=C(\[O-])c1c(C)cc(C)cc1C. The van der Waals surface area contributed by atoms with E-state index in [0.717, 1.165) is 16.7 Å². The second-order valence-electron chi connectivity index (χ2n) is 6.04. The zero-order chi connectivity index (χ0) is 15.5. The van der Waals surface area contributed by atoms with Gasteiger partial charge in [0.05, 0.1) is 20.0 Å². The number of aryl methyl sites for hydroxylation is 3. The van der Waals surface area contributed by atoms with Gasteiger partial charge in [-0.25, -0.2) is 4.59 Å². The number of hydrogen-bond acceptors (Lipinski definition) is 3. The van der Waals surface area contributed by atoms with Crippen molar-refractivity contribution in [1.82, 2.24) is 0 Å². The van der Waals surface area contributed by atoms with Crippen molar-refractivity contribution in [2.24, 2.45) is 5.10 Å². The van der Waals surface area contributed by atoms with E-state index in [9.17, 15) is 10.2 Å². The first kappa shape index (κ1) is 16.7. The summed E-state index contributed by atoms with van der Waals surface area (Å²) in [5, 5.41) is 26.4. The molecule has 1 unspecified atom stereocenters. The molecule has 0 aliphatic rings. The molecule has 0 aliphatic heterocycles. The molecule has 0 radical (unpaired) electrons. The fourth-order valence-corrected chi connectivity index (χ4v) is 2.50. The van der Waals surface area contributed by atoms with E-state index >= 15 is 0 Å². The zero-order valence-electron chi connectivity index (χ0n) is 13.4. The topological polar surface area (TPSA) is 55.7 Å². The van der Waals surface area contributed by atoms with Gasteiger partial charge < -0.3 is 10.2 Å². The molecule has 0 fully saturated rings. The Hall–Kier alpha value is -1.39. The van der Waals surface area contributed by atoms with Gasteiger partial charge in [-0.3, -0.25) is 0 Å². The summed E-state index contributed by atoms with van der Waals surface area (Å²) in [5.41, 5.74) is 3.72. The fraction of sp³-hybridized carbons (Fsp3) is 0.562. The van der Waals surface area contributed by atoms with Crippen LogP contribution in [0, 0.1) is 20.8 Å². The number of nitrogens with zero attached hydrogens (tertiary/aromatic N) is 2. The van der Waals surface area contributed by atoms with Gasteiger partial charge in [-0.05, 0) is 43.9 Å². The van der Waals surface area contributed by atoms with Crippen LogP contribution in [0.2, 0.25) is 0 Å². The Morgan fingerprint density at radius 3 is 2.20 bits per heavy atom. The average Bonchev–Trinajstić information content (AvgIpc) is 2.25. The third-order valence-corrected chi connectivity index (χ3v) is 3.38. The average molecular weight is 278 g/mol. The van der Waals surface area contributed by atoms with Crippen LogP contribution in [0.25, 0.3) is 0 Å². The van der Waals surface area contributed by atoms with Crippen molar-refractivity contribution in [1.29, 1.82) is 0 Å². The van der Waals surface area contributed by atoms with E-state index in [0.29, 0.717) is 18.5 Å². The summed E-state index contributed by atoms with van der Waals surface area (Å²) in [4.78, 5) is 0. The third-order valence-electron chi connectivity index (χ3n) is 3.38. The standard InChI is InChI=1S/C16H26N2O2/c1-7-14(19)10-18(5,6)17-16(20)15-12(3)8-11(2)9-13(15)4/h8-9,14,19H,7,10H2,1-6H3. The molecule has 0 heterocycles. The molecule has 0 saturated heterocycles. The molecule has 112 valence electrons. The van der Waals surface area contributed by atoms with Crippen LogP contribution < -0.4 is 5.11 Å². The highest BCUT2D eigenvalue weighted by atomic mass is 16.3. The Labute approximate surface area is 122 Å². The van der Waals surface area contributed by atoms with Gasteiger partial charge in [0.2, 0.25) is 0 Å². The number of aliphatic hydroxyl groups excluding tert-OH is 1. The number of benzene rings is 1. The van der Waals surface area contributed by atoms with Crippen molar-refractivity contribution in [2.45, 2.75) is 40.2 Å². The molecule has 20 heavy (non-hydrogen) atoms. The minimum Gasteiger partial charge on any atom is -0.855 e. The molecule has 0 aromatic heterocycles. The van der Waals surface area contributed by atoms with E-state index in [4.69, 9.17) is 0 Å². The summed E-state index contributed by atoms with van der Waals surface area (Å²) >= 11 is 0. The lowest BCUT2D eigenvalue weighted by molar-refractivity contribution is -0.901. The summed E-state index contributed by atoms with van der Waals surface area (Å²) in [6, 6.07) is 3.99. The Bertz CT molecular complexity index is 484. The molecule has 0 bridgehead atoms. The van der Waals surface area contributed by atoms with Crippen LogP contribution in [0.1, 0.15) is 35.6 Å². The molecule has 1 rings (SSSR count). The maximum Gasteiger partial charge on any atom is 0.129 e. The third kappa shape index (κ3) is 4.32. The Morgan fingerprint density at radius 2 is 1.75 bits per heavy atom.